The van der Waals surface area contributed by atoms with Gasteiger partial charge in [-0.25, -0.2) is 0 Å². The van der Waals surface area contributed by atoms with Crippen molar-refractivity contribution in [1.29, 1.82) is 0 Å². The van der Waals surface area contributed by atoms with Crippen molar-refractivity contribution in [1.82, 2.24) is 10.1 Å². The molecular formula is C21H22N4O5S. The van der Waals surface area contributed by atoms with Crippen LogP contribution in [0.3, 0.4) is 0 Å². The Labute approximate surface area is 179 Å². The number of nitrogens with one attached hydrogen (secondary N) is 1. The summed E-state index contributed by atoms with van der Waals surface area (Å²) >= 11 is 0. The van der Waals surface area contributed by atoms with Crippen LogP contribution in [0.1, 0.15) is 36.2 Å². The maximum Gasteiger partial charge on any atom is 0.284 e. The van der Waals surface area contributed by atoms with E-state index in [-0.39, 0.29) is 10.6 Å². The quantitative estimate of drug-likeness (QED) is 0.639. The van der Waals surface area contributed by atoms with Gasteiger partial charge in [0.05, 0.1) is 11.2 Å². The largest absolute Gasteiger partial charge is 0.461 e. The van der Waals surface area contributed by atoms with E-state index in [1.807, 2.05) is 11.9 Å². The minimum absolute atomic E-state index is 0.00637. The second-order valence-corrected chi connectivity index (χ2v) is 8.85. The standard InChI is InChI=1S/C21H22N4O5S/c1-25-11-4-2-3-10-20(25)24-31(27,28)16-8-5-7-15(13-16)22-21(26)17-14-19(30-23-17)18-9-6-12-29-18/h5-9,12-14H,2-4,10-11H2,1H3,(H,22,26)/b24-20+. The molecule has 1 aromatic carbocycles. The van der Waals surface area contributed by atoms with Crippen LogP contribution in [0.25, 0.3) is 11.5 Å². The van der Waals surface area contributed by atoms with Gasteiger partial charge in [0.25, 0.3) is 15.9 Å². The summed E-state index contributed by atoms with van der Waals surface area (Å²) in [5.41, 5.74) is 0.350. The van der Waals surface area contributed by atoms with Crippen molar-refractivity contribution in [3.05, 3.63) is 54.4 Å². The maximum absolute atomic E-state index is 12.8. The lowest BCUT2D eigenvalue weighted by molar-refractivity contribution is 0.101. The number of carbonyl (C=O) groups excluding carboxylic acids is 1. The summed E-state index contributed by atoms with van der Waals surface area (Å²) in [6, 6.07) is 10.8. The van der Waals surface area contributed by atoms with Gasteiger partial charge in [0.15, 0.2) is 11.5 Å². The third kappa shape index (κ3) is 4.85. The van der Waals surface area contributed by atoms with E-state index in [4.69, 9.17) is 8.94 Å². The molecule has 0 bridgehead atoms. The maximum atomic E-state index is 12.8. The molecule has 1 saturated heterocycles. The first-order valence-electron chi connectivity index (χ1n) is 9.89. The van der Waals surface area contributed by atoms with E-state index in [1.54, 1.807) is 24.3 Å². The first kappa shape index (κ1) is 20.9. The van der Waals surface area contributed by atoms with Crippen molar-refractivity contribution in [3.63, 3.8) is 0 Å². The molecule has 1 fully saturated rings. The van der Waals surface area contributed by atoms with Gasteiger partial charge >= 0.3 is 0 Å². The van der Waals surface area contributed by atoms with Gasteiger partial charge in [0.2, 0.25) is 5.76 Å². The number of likely N-dealkylation sites (tertiary alicyclic amines) is 1. The Morgan fingerprint density at radius 1 is 1.13 bits per heavy atom. The number of anilines is 1. The number of hydrogen-bond acceptors (Lipinski definition) is 6. The predicted molar refractivity (Wildman–Crippen MR) is 114 cm³/mol. The summed E-state index contributed by atoms with van der Waals surface area (Å²) in [7, 11) is -2.06. The summed E-state index contributed by atoms with van der Waals surface area (Å²) in [5.74, 6) is 0.781. The second-order valence-electron chi connectivity index (χ2n) is 7.25. The smallest absolute Gasteiger partial charge is 0.284 e. The highest BCUT2D eigenvalue weighted by atomic mass is 32.2. The van der Waals surface area contributed by atoms with Crippen molar-refractivity contribution in [2.45, 2.75) is 30.6 Å². The number of benzene rings is 1. The van der Waals surface area contributed by atoms with Gasteiger partial charge in [-0.05, 0) is 43.2 Å². The van der Waals surface area contributed by atoms with Gasteiger partial charge in [-0.3, -0.25) is 4.79 Å². The van der Waals surface area contributed by atoms with Crippen LogP contribution in [0.15, 0.2) is 67.0 Å². The lowest BCUT2D eigenvalue weighted by Gasteiger charge is -2.17. The monoisotopic (exact) mass is 442 g/mol. The number of hydrogen-bond donors (Lipinski definition) is 1. The van der Waals surface area contributed by atoms with Gasteiger partial charge < -0.3 is 19.2 Å². The molecule has 1 aliphatic heterocycles. The van der Waals surface area contributed by atoms with Gasteiger partial charge in [-0.2, -0.15) is 8.42 Å². The van der Waals surface area contributed by atoms with Gasteiger partial charge in [-0.15, -0.1) is 4.40 Å². The summed E-state index contributed by atoms with van der Waals surface area (Å²) in [4.78, 5) is 14.4. The molecule has 3 heterocycles. The zero-order chi connectivity index (χ0) is 21.8. The Bertz CT molecular complexity index is 1200. The number of carbonyl (C=O) groups is 1. The van der Waals surface area contributed by atoms with Crippen LogP contribution in [0.5, 0.6) is 0 Å². The first-order valence-corrected chi connectivity index (χ1v) is 11.3. The number of nitrogens with zero attached hydrogens (tertiary/aromatic N) is 3. The molecule has 162 valence electrons. The lowest BCUT2D eigenvalue weighted by Crippen LogP contribution is -2.26. The molecule has 4 rings (SSSR count). The number of rotatable bonds is 5. The van der Waals surface area contributed by atoms with Crippen LogP contribution in [-0.2, 0) is 10.0 Å². The van der Waals surface area contributed by atoms with Crippen molar-refractivity contribution in [3.8, 4) is 11.5 Å². The van der Waals surface area contributed by atoms with Gasteiger partial charge in [0, 0.05) is 31.8 Å². The van der Waals surface area contributed by atoms with Crippen LogP contribution in [-0.4, -0.2) is 43.8 Å². The third-order valence-electron chi connectivity index (χ3n) is 4.96. The van der Waals surface area contributed by atoms with E-state index >= 15 is 0 Å². The second kappa shape index (κ2) is 8.76. The normalized spacial score (nSPS) is 16.3. The number of sulfonamides is 1. The zero-order valence-corrected chi connectivity index (χ0v) is 17.8. The van der Waals surface area contributed by atoms with E-state index in [2.05, 4.69) is 14.9 Å². The Kier molecular flexibility index (Phi) is 5.90. The van der Waals surface area contributed by atoms with E-state index in [0.717, 1.165) is 25.8 Å². The molecule has 0 saturated carbocycles. The highest BCUT2D eigenvalue weighted by Crippen LogP contribution is 2.23. The summed E-state index contributed by atoms with van der Waals surface area (Å²) in [6.45, 7) is 0.780. The van der Waals surface area contributed by atoms with Crippen LogP contribution in [0.4, 0.5) is 5.69 Å². The Morgan fingerprint density at radius 2 is 2.00 bits per heavy atom. The topological polar surface area (TPSA) is 118 Å². The predicted octanol–water partition coefficient (Wildman–Crippen LogP) is 3.78. The highest BCUT2D eigenvalue weighted by Gasteiger charge is 2.20. The molecule has 0 atom stereocenters. The molecule has 0 unspecified atom stereocenters. The van der Waals surface area contributed by atoms with E-state index in [9.17, 15) is 13.2 Å². The average molecular weight is 442 g/mol. The fourth-order valence-corrected chi connectivity index (χ4v) is 4.42. The minimum Gasteiger partial charge on any atom is -0.461 e. The van der Waals surface area contributed by atoms with Crippen LogP contribution >= 0.6 is 0 Å². The Balaban J connectivity index is 1.52. The summed E-state index contributed by atoms with van der Waals surface area (Å²) < 4.78 is 40.1. The summed E-state index contributed by atoms with van der Waals surface area (Å²) in [5, 5.41) is 6.38. The molecule has 10 heteroatoms. The average Bonchev–Trinajstić information content (AvgIpc) is 3.41. The number of aromatic nitrogens is 1. The molecule has 31 heavy (non-hydrogen) atoms. The van der Waals surface area contributed by atoms with Crippen LogP contribution < -0.4 is 5.32 Å². The molecule has 0 radical (unpaired) electrons. The number of amidine groups is 1. The van der Waals surface area contributed by atoms with Gasteiger partial charge in [-0.1, -0.05) is 17.6 Å². The van der Waals surface area contributed by atoms with Crippen LogP contribution in [0.2, 0.25) is 0 Å². The number of furan rings is 1. The van der Waals surface area contributed by atoms with E-state index in [1.165, 1.54) is 24.5 Å². The lowest BCUT2D eigenvalue weighted by atomic mass is 10.2. The fourth-order valence-electron chi connectivity index (χ4n) is 3.28. The van der Waals surface area contributed by atoms with Crippen molar-refractivity contribution < 1.29 is 22.2 Å². The zero-order valence-electron chi connectivity index (χ0n) is 16.9. The highest BCUT2D eigenvalue weighted by molar-refractivity contribution is 7.90. The van der Waals surface area contributed by atoms with E-state index in [0.29, 0.717) is 29.5 Å². The SMILES string of the molecule is CN1CCCCC/C1=N\S(=O)(=O)c1cccc(NC(=O)c2cc(-c3ccco3)on2)c1. The number of amides is 1. The molecule has 0 spiro atoms. The fraction of sp³-hybridized carbons (Fsp3) is 0.286. The summed E-state index contributed by atoms with van der Waals surface area (Å²) in [6.07, 6.45) is 5.08. The van der Waals surface area contributed by atoms with Crippen molar-refractivity contribution in [2.24, 2.45) is 4.40 Å². The molecular weight excluding hydrogens is 420 g/mol. The molecule has 3 aromatic rings. The first-order chi connectivity index (χ1) is 14.9. The van der Waals surface area contributed by atoms with Crippen LogP contribution in [0, 0.1) is 0 Å². The van der Waals surface area contributed by atoms with Gasteiger partial charge in [0.1, 0.15) is 5.84 Å². The molecule has 2 aromatic heterocycles. The minimum atomic E-state index is -3.91. The molecule has 9 nitrogen and oxygen atoms in total. The molecule has 1 N–H and O–H groups in total. The molecule has 1 aliphatic rings. The third-order valence-corrected chi connectivity index (χ3v) is 6.26. The Morgan fingerprint density at radius 3 is 2.81 bits per heavy atom. The van der Waals surface area contributed by atoms with Crippen molar-refractivity contribution in [2.75, 3.05) is 18.9 Å². The molecule has 1 amide bonds. The Hall–Kier alpha value is -3.40. The van der Waals surface area contributed by atoms with Crippen molar-refractivity contribution >= 4 is 27.5 Å². The van der Waals surface area contributed by atoms with E-state index < -0.39 is 15.9 Å². The molecule has 0 aliphatic carbocycles.